The SMILES string of the molecule is CCSCCC(C)N1CCC(CNC(C)(C)C)C1. The minimum absolute atomic E-state index is 0.261. The van der Waals surface area contributed by atoms with Crippen molar-refractivity contribution >= 4 is 11.8 Å². The second-order valence-electron chi connectivity index (χ2n) is 6.62. The first kappa shape index (κ1) is 16.3. The Kier molecular flexibility index (Phi) is 7.04. The molecule has 3 heteroatoms. The zero-order valence-electron chi connectivity index (χ0n) is 13.0. The van der Waals surface area contributed by atoms with Crippen molar-refractivity contribution in [2.75, 3.05) is 31.1 Å². The molecule has 1 aliphatic heterocycles. The van der Waals surface area contributed by atoms with Gasteiger partial charge >= 0.3 is 0 Å². The number of hydrogen-bond acceptors (Lipinski definition) is 3. The summed E-state index contributed by atoms with van der Waals surface area (Å²) in [7, 11) is 0. The third-order valence-corrected chi connectivity index (χ3v) is 4.68. The maximum absolute atomic E-state index is 3.64. The van der Waals surface area contributed by atoms with Crippen LogP contribution in [0.1, 0.15) is 47.5 Å². The first-order chi connectivity index (χ1) is 8.42. The molecule has 1 rings (SSSR count). The molecule has 1 saturated heterocycles. The maximum atomic E-state index is 3.64. The molecule has 18 heavy (non-hydrogen) atoms. The van der Waals surface area contributed by atoms with Gasteiger partial charge in [-0.1, -0.05) is 6.92 Å². The van der Waals surface area contributed by atoms with Gasteiger partial charge in [0.15, 0.2) is 0 Å². The van der Waals surface area contributed by atoms with E-state index in [1.807, 2.05) is 0 Å². The van der Waals surface area contributed by atoms with Crippen LogP contribution in [0.15, 0.2) is 0 Å². The van der Waals surface area contributed by atoms with Crippen LogP contribution in [0, 0.1) is 5.92 Å². The number of nitrogens with one attached hydrogen (secondary N) is 1. The Morgan fingerprint density at radius 1 is 1.39 bits per heavy atom. The van der Waals surface area contributed by atoms with Crippen molar-refractivity contribution in [1.82, 2.24) is 10.2 Å². The highest BCUT2D eigenvalue weighted by molar-refractivity contribution is 7.99. The molecule has 0 amide bonds. The fourth-order valence-electron chi connectivity index (χ4n) is 2.46. The number of thioether (sulfide) groups is 1. The second-order valence-corrected chi connectivity index (χ2v) is 8.01. The van der Waals surface area contributed by atoms with E-state index in [1.165, 1.54) is 44.0 Å². The summed E-state index contributed by atoms with van der Waals surface area (Å²) in [5, 5.41) is 3.64. The number of nitrogens with zero attached hydrogens (tertiary/aromatic N) is 1. The molecular weight excluding hydrogens is 240 g/mol. The average Bonchev–Trinajstić information content (AvgIpc) is 2.74. The molecular formula is C15H32N2S. The van der Waals surface area contributed by atoms with Crippen LogP contribution in [0.3, 0.4) is 0 Å². The maximum Gasteiger partial charge on any atom is 0.00966 e. The van der Waals surface area contributed by atoms with E-state index in [1.54, 1.807) is 0 Å². The van der Waals surface area contributed by atoms with E-state index >= 15 is 0 Å². The molecule has 0 aliphatic carbocycles. The molecule has 0 aromatic heterocycles. The van der Waals surface area contributed by atoms with Gasteiger partial charge in [-0.25, -0.2) is 0 Å². The lowest BCUT2D eigenvalue weighted by Crippen LogP contribution is -2.40. The van der Waals surface area contributed by atoms with Crippen molar-refractivity contribution in [3.8, 4) is 0 Å². The Morgan fingerprint density at radius 3 is 2.72 bits per heavy atom. The molecule has 0 bridgehead atoms. The van der Waals surface area contributed by atoms with E-state index in [9.17, 15) is 0 Å². The average molecular weight is 273 g/mol. The molecule has 108 valence electrons. The Hall–Kier alpha value is 0.270. The Morgan fingerprint density at radius 2 is 2.11 bits per heavy atom. The van der Waals surface area contributed by atoms with Gasteiger partial charge in [-0.15, -0.1) is 0 Å². The van der Waals surface area contributed by atoms with Gasteiger partial charge in [0, 0.05) is 18.1 Å². The smallest absolute Gasteiger partial charge is 0.00966 e. The summed E-state index contributed by atoms with van der Waals surface area (Å²) in [6, 6.07) is 0.767. The number of rotatable bonds is 7. The van der Waals surface area contributed by atoms with Crippen LogP contribution in [0.25, 0.3) is 0 Å². The number of hydrogen-bond donors (Lipinski definition) is 1. The van der Waals surface area contributed by atoms with Crippen molar-refractivity contribution in [2.45, 2.75) is 59.0 Å². The summed E-state index contributed by atoms with van der Waals surface area (Å²) in [6.45, 7) is 15.2. The highest BCUT2D eigenvalue weighted by Gasteiger charge is 2.26. The lowest BCUT2D eigenvalue weighted by Gasteiger charge is -2.26. The molecule has 0 aromatic carbocycles. The highest BCUT2D eigenvalue weighted by atomic mass is 32.2. The van der Waals surface area contributed by atoms with Crippen LogP contribution in [0.4, 0.5) is 0 Å². The number of likely N-dealkylation sites (tertiary alicyclic amines) is 1. The fourth-order valence-corrected chi connectivity index (χ4v) is 3.26. The van der Waals surface area contributed by atoms with Crippen molar-refractivity contribution in [3.63, 3.8) is 0 Å². The minimum Gasteiger partial charge on any atom is -0.312 e. The van der Waals surface area contributed by atoms with Gasteiger partial charge in [0.2, 0.25) is 0 Å². The van der Waals surface area contributed by atoms with E-state index in [2.05, 4.69) is 56.6 Å². The van der Waals surface area contributed by atoms with E-state index in [-0.39, 0.29) is 5.54 Å². The molecule has 0 saturated carbocycles. The van der Waals surface area contributed by atoms with Crippen molar-refractivity contribution < 1.29 is 0 Å². The molecule has 0 spiro atoms. The molecule has 2 atom stereocenters. The van der Waals surface area contributed by atoms with Crippen LogP contribution in [-0.4, -0.2) is 47.6 Å². The third kappa shape index (κ3) is 6.44. The highest BCUT2D eigenvalue weighted by Crippen LogP contribution is 2.21. The topological polar surface area (TPSA) is 15.3 Å². The first-order valence-corrected chi connectivity index (χ1v) is 8.64. The first-order valence-electron chi connectivity index (χ1n) is 7.49. The van der Waals surface area contributed by atoms with Gasteiger partial charge in [0.05, 0.1) is 0 Å². The fraction of sp³-hybridized carbons (Fsp3) is 1.00. The van der Waals surface area contributed by atoms with Crippen LogP contribution < -0.4 is 5.32 Å². The standard InChI is InChI=1S/C15H32N2S/c1-6-18-10-8-13(2)17-9-7-14(12-17)11-16-15(3,4)5/h13-14,16H,6-12H2,1-5H3. The summed E-state index contributed by atoms with van der Waals surface area (Å²) in [5.74, 6) is 3.43. The van der Waals surface area contributed by atoms with Gasteiger partial charge in [-0.2, -0.15) is 11.8 Å². The monoisotopic (exact) mass is 272 g/mol. The van der Waals surface area contributed by atoms with E-state index in [0.29, 0.717) is 0 Å². The van der Waals surface area contributed by atoms with Crippen molar-refractivity contribution in [1.29, 1.82) is 0 Å². The summed E-state index contributed by atoms with van der Waals surface area (Å²) in [6.07, 6.45) is 2.71. The minimum atomic E-state index is 0.261. The molecule has 1 heterocycles. The van der Waals surface area contributed by atoms with Crippen LogP contribution in [-0.2, 0) is 0 Å². The molecule has 1 aliphatic rings. The van der Waals surface area contributed by atoms with E-state index in [0.717, 1.165) is 12.0 Å². The summed E-state index contributed by atoms with van der Waals surface area (Å²) < 4.78 is 0. The van der Waals surface area contributed by atoms with Gasteiger partial charge in [0.25, 0.3) is 0 Å². The van der Waals surface area contributed by atoms with Crippen LogP contribution in [0.2, 0.25) is 0 Å². The Balaban J connectivity index is 2.19. The van der Waals surface area contributed by atoms with Gasteiger partial charge in [0.1, 0.15) is 0 Å². The largest absolute Gasteiger partial charge is 0.312 e. The lowest BCUT2D eigenvalue weighted by molar-refractivity contribution is 0.241. The molecule has 2 nitrogen and oxygen atoms in total. The predicted octanol–water partition coefficient (Wildman–Crippen LogP) is 3.23. The molecule has 1 N–H and O–H groups in total. The molecule has 0 radical (unpaired) electrons. The summed E-state index contributed by atoms with van der Waals surface area (Å²) in [5.41, 5.74) is 0.261. The lowest BCUT2D eigenvalue weighted by atomic mass is 10.1. The second kappa shape index (κ2) is 7.76. The van der Waals surface area contributed by atoms with Crippen molar-refractivity contribution in [3.05, 3.63) is 0 Å². The summed E-state index contributed by atoms with van der Waals surface area (Å²) in [4.78, 5) is 2.69. The normalized spacial score (nSPS) is 23.5. The molecule has 0 aromatic rings. The molecule has 1 fully saturated rings. The molecule has 2 unspecified atom stereocenters. The predicted molar refractivity (Wildman–Crippen MR) is 84.5 cm³/mol. The Labute approximate surface area is 118 Å². The zero-order chi connectivity index (χ0) is 13.6. The van der Waals surface area contributed by atoms with Crippen molar-refractivity contribution in [2.24, 2.45) is 5.92 Å². The van der Waals surface area contributed by atoms with E-state index < -0.39 is 0 Å². The zero-order valence-corrected chi connectivity index (χ0v) is 13.8. The third-order valence-electron chi connectivity index (χ3n) is 3.75. The van der Waals surface area contributed by atoms with Crippen LogP contribution in [0.5, 0.6) is 0 Å². The van der Waals surface area contributed by atoms with E-state index in [4.69, 9.17) is 0 Å². The van der Waals surface area contributed by atoms with Gasteiger partial charge < -0.3 is 10.2 Å². The summed E-state index contributed by atoms with van der Waals surface area (Å²) >= 11 is 2.07. The quantitative estimate of drug-likeness (QED) is 0.716. The Bertz CT molecular complexity index is 225. The van der Waals surface area contributed by atoms with Gasteiger partial charge in [-0.3, -0.25) is 0 Å². The van der Waals surface area contributed by atoms with Gasteiger partial charge in [-0.05, 0) is 71.0 Å². The van der Waals surface area contributed by atoms with Crippen LogP contribution >= 0.6 is 11.8 Å².